The van der Waals surface area contributed by atoms with Crippen LogP contribution in [0.2, 0.25) is 0 Å². The van der Waals surface area contributed by atoms with Crippen LogP contribution in [0, 0.1) is 0 Å². The van der Waals surface area contributed by atoms with Crippen molar-refractivity contribution >= 4 is 38.9 Å². The van der Waals surface area contributed by atoms with Gasteiger partial charge in [-0.25, -0.2) is 0 Å². The van der Waals surface area contributed by atoms with Gasteiger partial charge in [0.05, 0.1) is 16.7 Å². The molecule has 3 heteroatoms. The van der Waals surface area contributed by atoms with Crippen molar-refractivity contribution < 1.29 is 0 Å². The van der Waals surface area contributed by atoms with Crippen LogP contribution in [0.1, 0.15) is 0 Å². The van der Waals surface area contributed by atoms with E-state index in [4.69, 9.17) is 4.98 Å². The van der Waals surface area contributed by atoms with Crippen LogP contribution in [0.15, 0.2) is 200 Å². The minimum atomic E-state index is 0.979. The molecule has 236 valence electrons. The first-order valence-electron chi connectivity index (χ1n) is 17.0. The highest BCUT2D eigenvalue weighted by Crippen LogP contribution is 2.39. The molecule has 0 fully saturated rings. The number of para-hydroxylation sites is 3. The number of fused-ring (bicyclic) bond motifs is 3. The largest absolute Gasteiger partial charge is 0.310 e. The van der Waals surface area contributed by atoms with Crippen LogP contribution in [-0.4, -0.2) is 9.55 Å². The highest BCUT2D eigenvalue weighted by Gasteiger charge is 2.17. The standard InChI is InChI=1S/C47H33N3/c1-4-13-35(14-5-1)45-29-25-38(33-48-45)37-16-12-15-36(31-37)34-23-26-41(27-24-34)50-46-22-11-10-21-43(46)44-32-42(28-30-47(44)50)49(39-17-6-2-7-18-39)40-19-8-3-9-20-40/h1-33H. The molecule has 0 aliphatic heterocycles. The van der Waals surface area contributed by atoms with E-state index in [1.807, 2.05) is 24.4 Å². The summed E-state index contributed by atoms with van der Waals surface area (Å²) < 4.78 is 2.38. The predicted molar refractivity (Wildman–Crippen MR) is 210 cm³/mol. The summed E-state index contributed by atoms with van der Waals surface area (Å²) in [5.74, 6) is 0. The second-order valence-corrected chi connectivity index (χ2v) is 12.5. The van der Waals surface area contributed by atoms with Gasteiger partial charge in [-0.3, -0.25) is 4.98 Å². The summed E-state index contributed by atoms with van der Waals surface area (Å²) in [7, 11) is 0. The first-order valence-corrected chi connectivity index (χ1v) is 17.0. The van der Waals surface area contributed by atoms with Crippen LogP contribution in [0.3, 0.4) is 0 Å². The van der Waals surface area contributed by atoms with Crippen LogP contribution >= 0.6 is 0 Å². The Morgan fingerprint density at radius 2 is 0.940 bits per heavy atom. The van der Waals surface area contributed by atoms with Crippen molar-refractivity contribution in [2.24, 2.45) is 0 Å². The van der Waals surface area contributed by atoms with Crippen molar-refractivity contribution in [2.75, 3.05) is 4.90 Å². The maximum Gasteiger partial charge on any atom is 0.0702 e. The topological polar surface area (TPSA) is 21.1 Å². The van der Waals surface area contributed by atoms with Crippen molar-refractivity contribution in [3.05, 3.63) is 200 Å². The Morgan fingerprint density at radius 3 is 1.62 bits per heavy atom. The van der Waals surface area contributed by atoms with Crippen molar-refractivity contribution in [3.63, 3.8) is 0 Å². The lowest BCUT2D eigenvalue weighted by atomic mass is 9.99. The molecule has 0 unspecified atom stereocenters. The molecule has 2 heterocycles. The molecule has 50 heavy (non-hydrogen) atoms. The lowest BCUT2D eigenvalue weighted by molar-refractivity contribution is 1.18. The number of anilines is 3. The predicted octanol–water partition coefficient (Wildman–Crippen LogP) is 12.6. The molecule has 9 rings (SSSR count). The van der Waals surface area contributed by atoms with Gasteiger partial charge in [0.15, 0.2) is 0 Å². The maximum atomic E-state index is 4.76. The van der Waals surface area contributed by atoms with Gasteiger partial charge < -0.3 is 9.47 Å². The Hall–Kier alpha value is -6.71. The number of aromatic nitrogens is 2. The lowest BCUT2D eigenvalue weighted by Gasteiger charge is -2.25. The van der Waals surface area contributed by atoms with Crippen molar-refractivity contribution in [2.45, 2.75) is 0 Å². The van der Waals surface area contributed by atoms with E-state index < -0.39 is 0 Å². The van der Waals surface area contributed by atoms with Crippen molar-refractivity contribution in [3.8, 4) is 39.2 Å². The smallest absolute Gasteiger partial charge is 0.0702 e. The number of benzene rings is 7. The average molecular weight is 640 g/mol. The fraction of sp³-hybridized carbons (Fsp3) is 0. The van der Waals surface area contributed by atoms with E-state index >= 15 is 0 Å². The third-order valence-corrected chi connectivity index (χ3v) is 9.43. The van der Waals surface area contributed by atoms with Gasteiger partial charge in [0.2, 0.25) is 0 Å². The zero-order valence-corrected chi connectivity index (χ0v) is 27.4. The third-order valence-electron chi connectivity index (χ3n) is 9.43. The second kappa shape index (κ2) is 12.7. The minimum Gasteiger partial charge on any atom is -0.310 e. The van der Waals surface area contributed by atoms with Crippen LogP contribution in [0.5, 0.6) is 0 Å². The zero-order chi connectivity index (χ0) is 33.3. The molecule has 0 spiro atoms. The van der Waals surface area contributed by atoms with E-state index in [1.54, 1.807) is 0 Å². The highest BCUT2D eigenvalue weighted by atomic mass is 15.1. The Kier molecular flexibility index (Phi) is 7.49. The molecule has 2 aromatic heterocycles. The molecule has 0 amide bonds. The van der Waals surface area contributed by atoms with Gasteiger partial charge in [0.25, 0.3) is 0 Å². The average Bonchev–Trinajstić information content (AvgIpc) is 3.53. The highest BCUT2D eigenvalue weighted by molar-refractivity contribution is 6.10. The summed E-state index contributed by atoms with van der Waals surface area (Å²) in [6.07, 6.45) is 1.97. The number of hydrogen-bond donors (Lipinski definition) is 0. The van der Waals surface area contributed by atoms with Gasteiger partial charge in [-0.15, -0.1) is 0 Å². The summed E-state index contributed by atoms with van der Waals surface area (Å²) in [5.41, 5.74) is 13.6. The molecule has 0 aliphatic rings. The van der Waals surface area contributed by atoms with Gasteiger partial charge >= 0.3 is 0 Å². The molecule has 0 saturated heterocycles. The molecular weight excluding hydrogens is 607 g/mol. The first kappa shape index (κ1) is 29.4. The fourth-order valence-corrected chi connectivity index (χ4v) is 7.01. The number of pyridine rings is 1. The molecule has 0 aliphatic carbocycles. The van der Waals surface area contributed by atoms with E-state index in [0.717, 1.165) is 45.1 Å². The first-order chi connectivity index (χ1) is 24.8. The minimum absolute atomic E-state index is 0.979. The summed E-state index contributed by atoms with van der Waals surface area (Å²) in [6.45, 7) is 0. The fourth-order valence-electron chi connectivity index (χ4n) is 7.01. The van der Waals surface area contributed by atoms with Crippen molar-refractivity contribution in [1.29, 1.82) is 0 Å². The summed E-state index contributed by atoms with van der Waals surface area (Å²) >= 11 is 0. The molecule has 0 atom stereocenters. The van der Waals surface area contributed by atoms with Gasteiger partial charge in [0, 0.05) is 50.8 Å². The Balaban J connectivity index is 1.07. The van der Waals surface area contributed by atoms with Crippen LogP contribution in [0.25, 0.3) is 61.0 Å². The van der Waals surface area contributed by atoms with Gasteiger partial charge in [-0.05, 0) is 89.5 Å². The Morgan fingerprint density at radius 1 is 0.360 bits per heavy atom. The molecule has 0 bridgehead atoms. The third kappa shape index (κ3) is 5.41. The molecule has 0 radical (unpaired) electrons. The molecule has 0 N–H and O–H groups in total. The van der Waals surface area contributed by atoms with E-state index in [0.29, 0.717) is 0 Å². The zero-order valence-electron chi connectivity index (χ0n) is 27.4. The summed E-state index contributed by atoms with van der Waals surface area (Å²) in [5, 5.41) is 2.45. The molecule has 7 aromatic carbocycles. The maximum absolute atomic E-state index is 4.76. The van der Waals surface area contributed by atoms with Crippen LogP contribution in [0.4, 0.5) is 17.1 Å². The molecule has 0 saturated carbocycles. The number of nitrogens with zero attached hydrogens (tertiary/aromatic N) is 3. The van der Waals surface area contributed by atoms with Gasteiger partial charge in [-0.2, -0.15) is 0 Å². The van der Waals surface area contributed by atoms with Crippen molar-refractivity contribution in [1.82, 2.24) is 9.55 Å². The van der Waals surface area contributed by atoms with Gasteiger partial charge in [0.1, 0.15) is 0 Å². The Labute approximate surface area is 292 Å². The number of hydrogen-bond acceptors (Lipinski definition) is 2. The van der Waals surface area contributed by atoms with E-state index in [1.165, 1.54) is 32.9 Å². The quantitative estimate of drug-likeness (QED) is 0.173. The van der Waals surface area contributed by atoms with Gasteiger partial charge in [-0.1, -0.05) is 121 Å². The summed E-state index contributed by atoms with van der Waals surface area (Å²) in [4.78, 5) is 7.08. The van der Waals surface area contributed by atoms with Crippen LogP contribution < -0.4 is 4.90 Å². The normalized spacial score (nSPS) is 11.2. The molecule has 9 aromatic rings. The Bertz CT molecular complexity index is 2510. The number of rotatable bonds is 7. The SMILES string of the molecule is c1ccc(-c2ccc(-c3cccc(-c4ccc(-n5c6ccccc6c6cc(N(c7ccccc7)c7ccccc7)ccc65)cc4)c3)cn2)cc1. The second-order valence-electron chi connectivity index (χ2n) is 12.5. The molecule has 3 nitrogen and oxygen atoms in total. The molecular formula is C47H33N3. The summed E-state index contributed by atoms with van der Waals surface area (Å²) in [6, 6.07) is 68.9. The van der Waals surface area contributed by atoms with E-state index in [2.05, 4.69) is 185 Å². The van der Waals surface area contributed by atoms with E-state index in [-0.39, 0.29) is 0 Å². The monoisotopic (exact) mass is 639 g/mol. The van der Waals surface area contributed by atoms with E-state index in [9.17, 15) is 0 Å². The lowest BCUT2D eigenvalue weighted by Crippen LogP contribution is -2.09. The van der Waals surface area contributed by atoms with Crippen LogP contribution in [-0.2, 0) is 0 Å².